The first-order valence-electron chi connectivity index (χ1n) is 13.2. The number of amidine groups is 1. The molecule has 2 aliphatic heterocycles. The molecule has 1 aromatic carbocycles. The van der Waals surface area contributed by atoms with E-state index in [4.69, 9.17) is 20.2 Å². The monoisotopic (exact) mass is 506 g/mol. The summed E-state index contributed by atoms with van der Waals surface area (Å²) in [6.45, 7) is 7.05. The number of ether oxygens (including phenoxy) is 2. The number of benzene rings is 1. The molecule has 0 radical (unpaired) electrons. The molecule has 8 nitrogen and oxygen atoms in total. The van der Waals surface area contributed by atoms with Crippen molar-refractivity contribution in [2.75, 3.05) is 38.6 Å². The lowest BCUT2D eigenvalue weighted by Gasteiger charge is -2.43. The Morgan fingerprint density at radius 3 is 2.59 bits per heavy atom. The number of rotatable bonds is 7. The van der Waals surface area contributed by atoms with Gasteiger partial charge in [-0.15, -0.1) is 0 Å². The summed E-state index contributed by atoms with van der Waals surface area (Å²) in [6.07, 6.45) is 12.9. The minimum atomic E-state index is -0.466. The van der Waals surface area contributed by atoms with Gasteiger partial charge in [0.25, 0.3) is 0 Å². The van der Waals surface area contributed by atoms with Crippen molar-refractivity contribution < 1.29 is 13.9 Å². The van der Waals surface area contributed by atoms with Crippen LogP contribution in [0.4, 0.5) is 10.2 Å². The third kappa shape index (κ3) is 5.72. The van der Waals surface area contributed by atoms with Crippen LogP contribution in [0.1, 0.15) is 55.6 Å². The van der Waals surface area contributed by atoms with Crippen LogP contribution in [-0.2, 0) is 15.9 Å². The quantitative estimate of drug-likeness (QED) is 0.438. The Morgan fingerprint density at radius 2 is 1.95 bits per heavy atom. The van der Waals surface area contributed by atoms with E-state index in [1.165, 1.54) is 18.8 Å². The highest BCUT2D eigenvalue weighted by Gasteiger charge is 2.38. The highest BCUT2D eigenvalue weighted by atomic mass is 19.1. The van der Waals surface area contributed by atoms with E-state index in [2.05, 4.69) is 32.6 Å². The summed E-state index contributed by atoms with van der Waals surface area (Å²) in [6, 6.07) is 3.87. The SMILES string of the molecule is C=N/C=C\C(=N/CCc1c(C2CCC2)ccc(-c2cnc(N)cn2)c1F)N1CCC2(CC1)OCCCO2. The van der Waals surface area contributed by atoms with Gasteiger partial charge in [-0.25, -0.2) is 9.37 Å². The van der Waals surface area contributed by atoms with Gasteiger partial charge >= 0.3 is 0 Å². The number of aliphatic imine (C=N–C) groups is 2. The highest BCUT2D eigenvalue weighted by Crippen LogP contribution is 2.40. The predicted molar refractivity (Wildman–Crippen MR) is 143 cm³/mol. The zero-order valence-corrected chi connectivity index (χ0v) is 21.2. The number of hydrogen-bond acceptors (Lipinski definition) is 7. The zero-order chi connectivity index (χ0) is 25.7. The van der Waals surface area contributed by atoms with Gasteiger partial charge in [0, 0.05) is 44.2 Å². The van der Waals surface area contributed by atoms with E-state index in [1.807, 2.05) is 12.1 Å². The zero-order valence-electron chi connectivity index (χ0n) is 21.2. The number of piperidine rings is 1. The number of halogens is 1. The van der Waals surface area contributed by atoms with Crippen LogP contribution in [0.3, 0.4) is 0 Å². The van der Waals surface area contributed by atoms with Crippen molar-refractivity contribution in [3.63, 3.8) is 0 Å². The molecule has 2 saturated heterocycles. The Bertz CT molecular complexity index is 1150. The standard InChI is InChI=1S/C28H35FN6O2/c1-31-12-9-26(35-14-10-28(11-15-35)36-16-3-17-37-28)32-13-8-22-21(20-4-2-5-20)6-7-23(27(22)29)24-18-34-25(30)19-33-24/h6-7,9,12,18-20H,1-5,8,10-11,13-17H2,(H2,30,34)/b12-9-,32-26+. The van der Waals surface area contributed by atoms with Crippen molar-refractivity contribution in [3.8, 4) is 11.3 Å². The van der Waals surface area contributed by atoms with Gasteiger partial charge in [-0.05, 0) is 61.6 Å². The summed E-state index contributed by atoms with van der Waals surface area (Å²) in [5, 5.41) is 0. The maximum atomic E-state index is 15.9. The van der Waals surface area contributed by atoms with Crippen LogP contribution in [0.15, 0.2) is 46.8 Å². The van der Waals surface area contributed by atoms with Crippen LogP contribution < -0.4 is 5.73 Å². The number of anilines is 1. The molecule has 9 heteroatoms. The van der Waals surface area contributed by atoms with Crippen molar-refractivity contribution in [3.05, 3.63) is 53.7 Å². The number of nitrogens with zero attached hydrogens (tertiary/aromatic N) is 5. The molecule has 0 bridgehead atoms. The summed E-state index contributed by atoms with van der Waals surface area (Å²) in [4.78, 5) is 19.4. The molecule has 5 rings (SSSR count). The van der Waals surface area contributed by atoms with Gasteiger partial charge in [-0.3, -0.25) is 15.0 Å². The van der Waals surface area contributed by atoms with E-state index in [0.717, 1.165) is 75.4 Å². The number of aromatic nitrogens is 2. The summed E-state index contributed by atoms with van der Waals surface area (Å²) < 4.78 is 27.9. The van der Waals surface area contributed by atoms with Crippen LogP contribution in [0.25, 0.3) is 11.3 Å². The molecule has 3 aliphatic rings. The molecule has 1 aliphatic carbocycles. The molecule has 2 aromatic rings. The van der Waals surface area contributed by atoms with Gasteiger partial charge in [0.2, 0.25) is 0 Å². The van der Waals surface area contributed by atoms with Crippen molar-refractivity contribution >= 4 is 18.4 Å². The molecule has 3 fully saturated rings. The Morgan fingerprint density at radius 1 is 1.16 bits per heavy atom. The molecule has 0 unspecified atom stereocenters. The highest BCUT2D eigenvalue weighted by molar-refractivity contribution is 5.93. The molecular formula is C28H35FN6O2. The third-order valence-corrected chi connectivity index (χ3v) is 7.60. The van der Waals surface area contributed by atoms with Gasteiger partial charge in [-0.2, -0.15) is 0 Å². The van der Waals surface area contributed by atoms with Crippen molar-refractivity contribution in [1.29, 1.82) is 0 Å². The number of nitrogen functional groups attached to an aromatic ring is 1. The first kappa shape index (κ1) is 25.5. The molecule has 0 amide bonds. The summed E-state index contributed by atoms with van der Waals surface area (Å²) in [5.74, 6) is 0.828. The minimum absolute atomic E-state index is 0.241. The maximum absolute atomic E-state index is 15.9. The number of hydrogen-bond donors (Lipinski definition) is 1. The normalized spacial score (nSPS) is 20.4. The Labute approximate surface area is 217 Å². The van der Waals surface area contributed by atoms with Gasteiger partial charge in [0.15, 0.2) is 5.79 Å². The Balaban J connectivity index is 1.35. The lowest BCUT2D eigenvalue weighted by Crippen LogP contribution is -2.51. The molecule has 3 heterocycles. The average molecular weight is 507 g/mol. The first-order chi connectivity index (χ1) is 18.1. The average Bonchev–Trinajstić information content (AvgIpc) is 2.88. The topological polar surface area (TPSA) is 98.2 Å². The third-order valence-electron chi connectivity index (χ3n) is 7.60. The fraction of sp³-hybridized carbons (Fsp3) is 0.500. The fourth-order valence-corrected chi connectivity index (χ4v) is 5.31. The molecular weight excluding hydrogens is 471 g/mol. The largest absolute Gasteiger partial charge is 0.382 e. The lowest BCUT2D eigenvalue weighted by atomic mass is 9.77. The number of nitrogens with two attached hydrogens (primary N) is 1. The summed E-state index contributed by atoms with van der Waals surface area (Å²) >= 11 is 0. The van der Waals surface area contributed by atoms with Crippen LogP contribution in [0.2, 0.25) is 0 Å². The van der Waals surface area contributed by atoms with Crippen LogP contribution in [0.5, 0.6) is 0 Å². The molecule has 2 N–H and O–H groups in total. The number of likely N-dealkylation sites (tertiary alicyclic amines) is 1. The smallest absolute Gasteiger partial charge is 0.171 e. The lowest BCUT2D eigenvalue weighted by molar-refractivity contribution is -0.281. The molecule has 196 valence electrons. The predicted octanol–water partition coefficient (Wildman–Crippen LogP) is 4.52. The van der Waals surface area contributed by atoms with E-state index in [0.29, 0.717) is 36.0 Å². The Hall–Kier alpha value is -3.17. The van der Waals surface area contributed by atoms with Gasteiger partial charge < -0.3 is 20.1 Å². The van der Waals surface area contributed by atoms with Gasteiger partial charge in [-0.1, -0.05) is 12.5 Å². The van der Waals surface area contributed by atoms with E-state index in [1.54, 1.807) is 6.20 Å². The van der Waals surface area contributed by atoms with E-state index >= 15 is 4.39 Å². The van der Waals surface area contributed by atoms with Crippen molar-refractivity contribution in [2.24, 2.45) is 9.98 Å². The van der Waals surface area contributed by atoms with Crippen LogP contribution in [0, 0.1) is 5.82 Å². The van der Waals surface area contributed by atoms with E-state index < -0.39 is 5.79 Å². The molecule has 0 atom stereocenters. The van der Waals surface area contributed by atoms with Gasteiger partial charge in [0.1, 0.15) is 17.5 Å². The van der Waals surface area contributed by atoms with Crippen LogP contribution >= 0.6 is 0 Å². The van der Waals surface area contributed by atoms with Gasteiger partial charge in [0.05, 0.1) is 31.3 Å². The second-order valence-electron chi connectivity index (χ2n) is 9.89. The maximum Gasteiger partial charge on any atom is 0.171 e. The summed E-state index contributed by atoms with van der Waals surface area (Å²) in [7, 11) is 0. The second kappa shape index (κ2) is 11.5. The molecule has 1 saturated carbocycles. The van der Waals surface area contributed by atoms with Crippen LogP contribution in [-0.4, -0.2) is 66.1 Å². The van der Waals surface area contributed by atoms with Crippen molar-refractivity contribution in [2.45, 2.75) is 56.7 Å². The molecule has 1 aromatic heterocycles. The van der Waals surface area contributed by atoms with E-state index in [9.17, 15) is 0 Å². The summed E-state index contributed by atoms with van der Waals surface area (Å²) in [5.41, 5.74) is 8.40. The first-order valence-corrected chi connectivity index (χ1v) is 13.2. The fourth-order valence-electron chi connectivity index (χ4n) is 5.31. The van der Waals surface area contributed by atoms with E-state index in [-0.39, 0.29) is 5.82 Å². The van der Waals surface area contributed by atoms with Crippen molar-refractivity contribution in [1.82, 2.24) is 14.9 Å². The molecule has 37 heavy (non-hydrogen) atoms. The molecule has 1 spiro atoms. The minimum Gasteiger partial charge on any atom is -0.382 e. The second-order valence-corrected chi connectivity index (χ2v) is 9.89. The Kier molecular flexibility index (Phi) is 7.90.